The van der Waals surface area contributed by atoms with Crippen LogP contribution in [0.1, 0.15) is 44.4 Å². The van der Waals surface area contributed by atoms with Crippen molar-refractivity contribution in [2.75, 3.05) is 19.5 Å². The van der Waals surface area contributed by atoms with Crippen molar-refractivity contribution in [3.05, 3.63) is 89.5 Å². The predicted octanol–water partition coefficient (Wildman–Crippen LogP) is 6.97. The predicted molar refractivity (Wildman–Crippen MR) is 161 cm³/mol. The Bertz CT molecular complexity index is 1270. The number of nitrogens with one attached hydrogen (secondary N) is 2. The van der Waals surface area contributed by atoms with Gasteiger partial charge in [-0.15, -0.1) is 0 Å². The van der Waals surface area contributed by atoms with Crippen LogP contribution in [0.2, 0.25) is 0 Å². The third kappa shape index (κ3) is 9.96. The van der Waals surface area contributed by atoms with Crippen molar-refractivity contribution in [1.29, 1.82) is 0 Å². The molecule has 3 aromatic rings. The summed E-state index contributed by atoms with van der Waals surface area (Å²) in [5, 5.41) is 5.83. The Morgan fingerprint density at radius 3 is 1.88 bits per heavy atom. The van der Waals surface area contributed by atoms with E-state index in [4.69, 9.17) is 18.5 Å². The van der Waals surface area contributed by atoms with Crippen molar-refractivity contribution in [3.63, 3.8) is 0 Å². The first kappa shape index (κ1) is 31.1. The summed E-state index contributed by atoms with van der Waals surface area (Å²) in [6, 6.07) is 21.7. The highest BCUT2D eigenvalue weighted by molar-refractivity contribution is 7.51. The van der Waals surface area contributed by atoms with Gasteiger partial charge in [-0.3, -0.25) is 13.8 Å². The second kappa shape index (κ2) is 14.8. The first-order valence-electron chi connectivity index (χ1n) is 13.2. The minimum atomic E-state index is -3.78. The summed E-state index contributed by atoms with van der Waals surface area (Å²) >= 11 is 0. The molecule has 0 fully saturated rings. The molecule has 40 heavy (non-hydrogen) atoms. The molecule has 0 saturated carbocycles. The number of ether oxygens (including phenoxy) is 2. The van der Waals surface area contributed by atoms with Gasteiger partial charge in [-0.1, -0.05) is 54.6 Å². The number of hydrogen-bond acceptors (Lipinski definition) is 6. The van der Waals surface area contributed by atoms with E-state index in [0.717, 1.165) is 16.7 Å². The summed E-state index contributed by atoms with van der Waals surface area (Å²) in [5.74, 6) is 1.06. The number of methoxy groups -OCH3 is 2. The van der Waals surface area contributed by atoms with Crippen molar-refractivity contribution in [3.8, 4) is 11.5 Å². The van der Waals surface area contributed by atoms with Crippen LogP contribution in [0.5, 0.6) is 11.5 Å². The van der Waals surface area contributed by atoms with E-state index in [1.54, 1.807) is 41.9 Å². The molecule has 8 nitrogen and oxygen atoms in total. The van der Waals surface area contributed by atoms with Gasteiger partial charge in [0.05, 0.1) is 26.4 Å². The highest BCUT2D eigenvalue weighted by Crippen LogP contribution is 2.47. The molecule has 0 aromatic heterocycles. The van der Waals surface area contributed by atoms with Crippen LogP contribution in [0.3, 0.4) is 0 Å². The third-order valence-electron chi connectivity index (χ3n) is 5.63. The Balaban J connectivity index is 1.76. The zero-order valence-corrected chi connectivity index (χ0v) is 24.8. The lowest BCUT2D eigenvalue weighted by molar-refractivity contribution is -0.117. The van der Waals surface area contributed by atoms with Crippen molar-refractivity contribution in [2.45, 2.75) is 52.4 Å². The molecule has 0 saturated heterocycles. The van der Waals surface area contributed by atoms with E-state index in [2.05, 4.69) is 10.4 Å². The Labute approximate surface area is 237 Å². The SMILES string of the molecule is COc1cc(/C=C/c2ccc(NC(=O)C(Cc3ccccc3)NP(=O)(OC(C)C)OC(C)C)cc2)cc(OC)c1. The van der Waals surface area contributed by atoms with Crippen LogP contribution in [0.15, 0.2) is 72.8 Å². The monoisotopic (exact) mass is 566 g/mol. The van der Waals surface area contributed by atoms with E-state index in [9.17, 15) is 9.36 Å². The number of benzene rings is 3. The average Bonchev–Trinajstić information content (AvgIpc) is 2.91. The van der Waals surface area contributed by atoms with Gasteiger partial charge in [0.15, 0.2) is 0 Å². The Morgan fingerprint density at radius 1 is 0.800 bits per heavy atom. The van der Waals surface area contributed by atoms with E-state index >= 15 is 0 Å². The van der Waals surface area contributed by atoms with Gasteiger partial charge in [-0.25, -0.2) is 9.65 Å². The maximum absolute atomic E-state index is 13.5. The van der Waals surface area contributed by atoms with Crippen LogP contribution in [-0.4, -0.2) is 38.4 Å². The van der Waals surface area contributed by atoms with Gasteiger partial charge < -0.3 is 14.8 Å². The molecule has 0 spiro atoms. The summed E-state index contributed by atoms with van der Waals surface area (Å²) in [5.41, 5.74) is 3.39. The number of hydrogen-bond donors (Lipinski definition) is 2. The van der Waals surface area contributed by atoms with Gasteiger partial charge in [0.1, 0.15) is 17.5 Å². The molecular formula is C31H39N2O6P. The lowest BCUT2D eigenvalue weighted by Gasteiger charge is -2.27. The highest BCUT2D eigenvalue weighted by Gasteiger charge is 2.34. The Hall–Kier alpha value is -3.42. The van der Waals surface area contributed by atoms with Crippen LogP contribution >= 0.6 is 7.75 Å². The zero-order valence-electron chi connectivity index (χ0n) is 23.9. The topological polar surface area (TPSA) is 95.1 Å². The number of carbonyl (C=O) groups excluding carboxylic acids is 1. The lowest BCUT2D eigenvalue weighted by atomic mass is 10.1. The number of carbonyl (C=O) groups is 1. The molecular weight excluding hydrogens is 527 g/mol. The molecule has 1 unspecified atom stereocenters. The van der Waals surface area contributed by atoms with Gasteiger partial charge in [0, 0.05) is 11.8 Å². The molecule has 3 rings (SSSR count). The summed E-state index contributed by atoms with van der Waals surface area (Å²) in [6.45, 7) is 7.08. The van der Waals surface area contributed by atoms with Crippen LogP contribution in [0.25, 0.3) is 12.2 Å². The fourth-order valence-corrected chi connectivity index (χ4v) is 5.78. The molecule has 3 aromatic carbocycles. The first-order chi connectivity index (χ1) is 19.1. The van der Waals surface area contributed by atoms with Crippen molar-refractivity contribution in [2.24, 2.45) is 0 Å². The van der Waals surface area contributed by atoms with Crippen molar-refractivity contribution >= 4 is 31.5 Å². The standard InChI is InChI=1S/C31H39N2O6P/c1-22(2)38-40(35,39-23(3)4)33-30(20-25-10-8-7-9-11-25)31(34)32-27-16-14-24(15-17-27)12-13-26-18-28(36-5)21-29(19-26)37-6/h7-19,21-23,30H,20H2,1-6H3,(H,32,34)(H,33,35)/b13-12+. The lowest BCUT2D eigenvalue weighted by Crippen LogP contribution is -2.41. The van der Waals surface area contributed by atoms with Gasteiger partial charge in [0.2, 0.25) is 5.91 Å². The van der Waals surface area contributed by atoms with Gasteiger partial charge in [-0.05, 0) is 75.1 Å². The number of rotatable bonds is 14. The minimum absolute atomic E-state index is 0.296. The Kier molecular flexibility index (Phi) is 11.5. The van der Waals surface area contributed by atoms with Gasteiger partial charge in [0.25, 0.3) is 0 Å². The molecule has 0 radical (unpaired) electrons. The third-order valence-corrected chi connectivity index (χ3v) is 7.66. The molecule has 0 aliphatic rings. The normalized spacial score (nSPS) is 12.6. The molecule has 1 atom stereocenters. The van der Waals surface area contributed by atoms with E-state index < -0.39 is 13.8 Å². The van der Waals surface area contributed by atoms with Gasteiger partial charge >= 0.3 is 7.75 Å². The fourth-order valence-electron chi connectivity index (χ4n) is 3.90. The first-order valence-corrected chi connectivity index (χ1v) is 14.7. The highest BCUT2D eigenvalue weighted by atomic mass is 31.2. The molecule has 0 heterocycles. The summed E-state index contributed by atoms with van der Waals surface area (Å²) in [7, 11) is -0.552. The average molecular weight is 567 g/mol. The van der Waals surface area contributed by atoms with E-state index in [0.29, 0.717) is 23.6 Å². The largest absolute Gasteiger partial charge is 0.497 e. The summed E-state index contributed by atoms with van der Waals surface area (Å²) in [4.78, 5) is 13.4. The molecule has 0 aliphatic heterocycles. The second-order valence-corrected chi connectivity index (χ2v) is 11.4. The second-order valence-electron chi connectivity index (χ2n) is 9.77. The maximum atomic E-state index is 13.5. The summed E-state index contributed by atoms with van der Waals surface area (Å²) < 4.78 is 35.5. The van der Waals surface area contributed by atoms with Crippen LogP contribution < -0.4 is 19.9 Å². The number of amides is 1. The zero-order chi connectivity index (χ0) is 29.1. The summed E-state index contributed by atoms with van der Waals surface area (Å²) in [6.07, 6.45) is 3.49. The smallest absolute Gasteiger partial charge is 0.406 e. The van der Waals surface area contributed by atoms with Crippen LogP contribution in [-0.2, 0) is 24.8 Å². The molecule has 0 bridgehead atoms. The molecule has 1 amide bonds. The number of anilines is 1. The van der Waals surface area contributed by atoms with Crippen molar-refractivity contribution < 1.29 is 27.9 Å². The van der Waals surface area contributed by atoms with E-state index in [-0.39, 0.29) is 18.1 Å². The van der Waals surface area contributed by atoms with E-state index in [1.165, 1.54) is 0 Å². The minimum Gasteiger partial charge on any atom is -0.497 e. The van der Waals surface area contributed by atoms with Crippen LogP contribution in [0.4, 0.5) is 5.69 Å². The molecule has 214 valence electrons. The quantitative estimate of drug-likeness (QED) is 0.161. The molecule has 2 N–H and O–H groups in total. The Morgan fingerprint density at radius 2 is 1.35 bits per heavy atom. The fraction of sp³-hybridized carbons (Fsp3) is 0.323. The van der Waals surface area contributed by atoms with Gasteiger partial charge in [-0.2, -0.15) is 0 Å². The molecule has 9 heteroatoms. The van der Waals surface area contributed by atoms with E-state index in [1.807, 2.05) is 84.9 Å². The molecule has 0 aliphatic carbocycles. The van der Waals surface area contributed by atoms with Crippen molar-refractivity contribution in [1.82, 2.24) is 5.09 Å². The van der Waals surface area contributed by atoms with Crippen LogP contribution in [0, 0.1) is 0 Å². The maximum Gasteiger partial charge on any atom is 0.406 e.